The van der Waals surface area contributed by atoms with E-state index in [2.05, 4.69) is 22.1 Å². The first-order valence-electron chi connectivity index (χ1n) is 5.72. The second kappa shape index (κ2) is 5.31. The van der Waals surface area contributed by atoms with Gasteiger partial charge >= 0.3 is 0 Å². The van der Waals surface area contributed by atoms with Crippen LogP contribution in [0.25, 0.3) is 11.3 Å². The van der Waals surface area contributed by atoms with Crippen molar-refractivity contribution in [3.05, 3.63) is 54.2 Å². The largest absolute Gasteiger partial charge is 0.347 e. The quantitative estimate of drug-likeness (QED) is 0.807. The molecule has 1 heterocycles. The van der Waals surface area contributed by atoms with E-state index in [-0.39, 0.29) is 5.91 Å². The van der Waals surface area contributed by atoms with Gasteiger partial charge in [0, 0.05) is 12.1 Å². The maximum Gasteiger partial charge on any atom is 0.269 e. The van der Waals surface area contributed by atoms with Crippen LogP contribution in [-0.2, 0) is 0 Å². The van der Waals surface area contributed by atoms with Crippen molar-refractivity contribution in [2.24, 2.45) is 0 Å². The van der Waals surface area contributed by atoms with Gasteiger partial charge < -0.3 is 5.32 Å². The molecule has 18 heavy (non-hydrogen) atoms. The zero-order valence-corrected chi connectivity index (χ0v) is 10.2. The van der Waals surface area contributed by atoms with Crippen LogP contribution in [0.1, 0.15) is 16.1 Å². The van der Waals surface area contributed by atoms with E-state index in [0.717, 1.165) is 11.3 Å². The number of hydrogen-bond acceptors (Lipinski definition) is 2. The molecule has 0 saturated heterocycles. The average Bonchev–Trinajstić information content (AvgIpc) is 2.86. The lowest BCUT2D eigenvalue weighted by Crippen LogP contribution is -2.23. The third kappa shape index (κ3) is 2.66. The van der Waals surface area contributed by atoms with Crippen LogP contribution in [0, 0.1) is 6.92 Å². The summed E-state index contributed by atoms with van der Waals surface area (Å²) >= 11 is 0. The molecule has 0 aliphatic carbocycles. The Kier molecular flexibility index (Phi) is 3.57. The van der Waals surface area contributed by atoms with Gasteiger partial charge in [0.15, 0.2) is 0 Å². The van der Waals surface area contributed by atoms with E-state index in [1.807, 2.05) is 31.2 Å². The summed E-state index contributed by atoms with van der Waals surface area (Å²) in [5.41, 5.74) is 3.39. The maximum atomic E-state index is 11.7. The lowest BCUT2D eigenvalue weighted by Gasteiger charge is -1.97. The number of carbonyl (C=O) groups excluding carboxylic acids is 1. The summed E-state index contributed by atoms with van der Waals surface area (Å²) in [6, 6.07) is 9.74. The molecule has 92 valence electrons. The molecule has 1 aromatic heterocycles. The molecule has 1 amide bonds. The first-order chi connectivity index (χ1) is 8.70. The molecule has 0 aliphatic heterocycles. The van der Waals surface area contributed by atoms with E-state index < -0.39 is 0 Å². The van der Waals surface area contributed by atoms with Crippen molar-refractivity contribution < 1.29 is 4.79 Å². The van der Waals surface area contributed by atoms with Crippen LogP contribution in [0.5, 0.6) is 0 Å². The highest BCUT2D eigenvalue weighted by Gasteiger charge is 2.09. The molecule has 2 rings (SSSR count). The Morgan fingerprint density at radius 1 is 1.44 bits per heavy atom. The van der Waals surface area contributed by atoms with Gasteiger partial charge in [0.05, 0.1) is 5.69 Å². The zero-order chi connectivity index (χ0) is 13.0. The summed E-state index contributed by atoms with van der Waals surface area (Å²) < 4.78 is 0. The maximum absolute atomic E-state index is 11.7. The Morgan fingerprint density at radius 3 is 2.83 bits per heavy atom. The number of aryl methyl sites for hydroxylation is 1. The second-order valence-corrected chi connectivity index (χ2v) is 4.03. The standard InChI is InChI=1S/C14H15N3O/c1-3-8-15-14(18)13-9-12(16-17-13)11-6-4-10(2)5-7-11/h3-7,9H,1,8H2,2H3,(H,15,18)(H,16,17). The highest BCUT2D eigenvalue weighted by atomic mass is 16.1. The Hall–Kier alpha value is -2.36. The highest BCUT2D eigenvalue weighted by Crippen LogP contribution is 2.17. The van der Waals surface area contributed by atoms with Gasteiger partial charge in [0.1, 0.15) is 5.69 Å². The SMILES string of the molecule is C=CCNC(=O)c1cc(-c2ccc(C)cc2)n[nH]1. The van der Waals surface area contributed by atoms with Crippen molar-refractivity contribution in [3.8, 4) is 11.3 Å². The van der Waals surface area contributed by atoms with Crippen molar-refractivity contribution in [2.75, 3.05) is 6.54 Å². The number of benzene rings is 1. The summed E-state index contributed by atoms with van der Waals surface area (Å²) in [4.78, 5) is 11.7. The molecule has 2 N–H and O–H groups in total. The Bertz CT molecular complexity index is 555. The van der Waals surface area contributed by atoms with Crippen LogP contribution < -0.4 is 5.32 Å². The molecule has 0 unspecified atom stereocenters. The van der Waals surface area contributed by atoms with Crippen LogP contribution in [0.4, 0.5) is 0 Å². The summed E-state index contributed by atoms with van der Waals surface area (Å²) in [7, 11) is 0. The van der Waals surface area contributed by atoms with Crippen LogP contribution in [0.2, 0.25) is 0 Å². The molecular formula is C14H15N3O. The zero-order valence-electron chi connectivity index (χ0n) is 10.2. The normalized spacial score (nSPS) is 10.1. The monoisotopic (exact) mass is 241 g/mol. The van der Waals surface area contributed by atoms with E-state index >= 15 is 0 Å². The Balaban J connectivity index is 2.17. The summed E-state index contributed by atoms with van der Waals surface area (Å²) in [6.45, 7) is 6.02. The lowest BCUT2D eigenvalue weighted by molar-refractivity contribution is 0.0953. The van der Waals surface area contributed by atoms with Crippen LogP contribution >= 0.6 is 0 Å². The number of nitrogens with one attached hydrogen (secondary N) is 2. The van der Waals surface area contributed by atoms with E-state index in [4.69, 9.17) is 0 Å². The van der Waals surface area contributed by atoms with Crippen LogP contribution in [0.3, 0.4) is 0 Å². The van der Waals surface area contributed by atoms with Crippen molar-refractivity contribution in [3.63, 3.8) is 0 Å². The van der Waals surface area contributed by atoms with E-state index in [0.29, 0.717) is 12.2 Å². The minimum absolute atomic E-state index is 0.180. The van der Waals surface area contributed by atoms with Crippen molar-refractivity contribution in [2.45, 2.75) is 6.92 Å². The average molecular weight is 241 g/mol. The van der Waals surface area contributed by atoms with Crippen LogP contribution in [-0.4, -0.2) is 22.6 Å². The predicted octanol–water partition coefficient (Wildman–Crippen LogP) is 2.30. The van der Waals surface area contributed by atoms with Gasteiger partial charge in [0.25, 0.3) is 5.91 Å². The molecule has 0 atom stereocenters. The molecule has 0 aliphatic rings. The minimum atomic E-state index is -0.180. The fourth-order valence-corrected chi connectivity index (χ4v) is 1.57. The van der Waals surface area contributed by atoms with Gasteiger partial charge in [-0.1, -0.05) is 35.9 Å². The van der Waals surface area contributed by atoms with Gasteiger partial charge in [-0.3, -0.25) is 9.89 Å². The third-order valence-electron chi connectivity index (χ3n) is 2.58. The number of amides is 1. The molecule has 2 aromatic rings. The molecule has 0 fully saturated rings. The first kappa shape index (κ1) is 12.1. The number of H-pyrrole nitrogens is 1. The van der Waals surface area contributed by atoms with Crippen molar-refractivity contribution in [1.82, 2.24) is 15.5 Å². The summed E-state index contributed by atoms with van der Waals surface area (Å²) in [5.74, 6) is -0.180. The van der Waals surface area contributed by atoms with Crippen molar-refractivity contribution >= 4 is 5.91 Å². The number of aromatic nitrogens is 2. The Morgan fingerprint density at radius 2 is 2.17 bits per heavy atom. The molecule has 4 heteroatoms. The molecule has 0 radical (unpaired) electrons. The topological polar surface area (TPSA) is 57.8 Å². The smallest absolute Gasteiger partial charge is 0.269 e. The lowest BCUT2D eigenvalue weighted by atomic mass is 10.1. The summed E-state index contributed by atoms with van der Waals surface area (Å²) in [6.07, 6.45) is 1.63. The van der Waals surface area contributed by atoms with E-state index in [9.17, 15) is 4.79 Å². The van der Waals surface area contributed by atoms with Gasteiger partial charge in [0.2, 0.25) is 0 Å². The molecule has 0 bridgehead atoms. The number of hydrogen-bond donors (Lipinski definition) is 2. The molecule has 0 spiro atoms. The van der Waals surface area contributed by atoms with E-state index in [1.54, 1.807) is 12.1 Å². The molecule has 0 saturated carbocycles. The van der Waals surface area contributed by atoms with Gasteiger partial charge in [-0.15, -0.1) is 6.58 Å². The number of rotatable bonds is 4. The number of carbonyl (C=O) groups is 1. The number of nitrogens with zero attached hydrogens (tertiary/aromatic N) is 1. The van der Waals surface area contributed by atoms with Gasteiger partial charge in [-0.05, 0) is 13.0 Å². The Labute approximate surface area is 106 Å². The fourth-order valence-electron chi connectivity index (χ4n) is 1.57. The highest BCUT2D eigenvalue weighted by molar-refractivity contribution is 5.93. The second-order valence-electron chi connectivity index (χ2n) is 4.03. The van der Waals surface area contributed by atoms with Crippen LogP contribution in [0.15, 0.2) is 43.0 Å². The first-order valence-corrected chi connectivity index (χ1v) is 5.72. The predicted molar refractivity (Wildman–Crippen MR) is 71.3 cm³/mol. The molecular weight excluding hydrogens is 226 g/mol. The fraction of sp³-hybridized carbons (Fsp3) is 0.143. The summed E-state index contributed by atoms with van der Waals surface area (Å²) in [5, 5.41) is 9.56. The van der Waals surface area contributed by atoms with Gasteiger partial charge in [-0.2, -0.15) is 5.10 Å². The van der Waals surface area contributed by atoms with Gasteiger partial charge in [-0.25, -0.2) is 0 Å². The van der Waals surface area contributed by atoms with Crippen molar-refractivity contribution in [1.29, 1.82) is 0 Å². The van der Waals surface area contributed by atoms with E-state index in [1.165, 1.54) is 5.56 Å². The molecule has 4 nitrogen and oxygen atoms in total. The third-order valence-corrected chi connectivity index (χ3v) is 2.58. The number of aromatic amines is 1. The molecule has 1 aromatic carbocycles. The minimum Gasteiger partial charge on any atom is -0.347 e.